The van der Waals surface area contributed by atoms with Crippen LogP contribution < -0.4 is 4.68 Å². The van der Waals surface area contributed by atoms with Gasteiger partial charge in [0.1, 0.15) is 11.5 Å². The van der Waals surface area contributed by atoms with Gasteiger partial charge in [-0.2, -0.15) is 4.68 Å². The maximum absolute atomic E-state index is 14.0. The molecule has 0 unspecified atom stereocenters. The zero-order valence-corrected chi connectivity index (χ0v) is 16.3. The Bertz CT molecular complexity index is 1050. The number of benzene rings is 2. The van der Waals surface area contributed by atoms with Gasteiger partial charge in [0.05, 0.1) is 14.2 Å². The van der Waals surface area contributed by atoms with E-state index in [1.165, 1.54) is 11.6 Å². The van der Waals surface area contributed by atoms with Gasteiger partial charge in [-0.15, -0.1) is 4.68 Å². The van der Waals surface area contributed by atoms with Crippen LogP contribution in [-0.2, 0) is 28.7 Å². The van der Waals surface area contributed by atoms with E-state index in [-0.39, 0.29) is 5.82 Å². The first-order chi connectivity index (χ1) is 12.6. The smallest absolute Gasteiger partial charge is 0.238 e. The van der Waals surface area contributed by atoms with Gasteiger partial charge < -0.3 is 4.55 Å². The lowest BCUT2D eigenvalue weighted by atomic mass is 10.1. The molecule has 27 heavy (non-hydrogen) atoms. The SMILES string of the molecule is COS(=O)(=O)[O-].Cc1cccc(-c2cc(-c3ccccc3F)n(C)[n+]2C)c1. The fraction of sp³-hybridized carbons (Fsp3) is 0.211. The lowest BCUT2D eigenvalue weighted by Gasteiger charge is -2.01. The molecule has 1 aromatic heterocycles. The van der Waals surface area contributed by atoms with Gasteiger partial charge >= 0.3 is 0 Å². The summed E-state index contributed by atoms with van der Waals surface area (Å²) < 4.78 is 49.1. The van der Waals surface area contributed by atoms with Crippen LogP contribution in [0.2, 0.25) is 0 Å². The standard InChI is InChI=1S/C18H18FN2.CH4O4S/c1-13-7-6-8-14(11-13)17-12-18(21(3)20(17)2)15-9-4-5-10-16(15)19;1-5-6(2,3)4/h4-12H,1-3H3;1H3,(H,2,3,4)/q+1;/p-1. The van der Waals surface area contributed by atoms with E-state index in [2.05, 4.69) is 29.3 Å². The molecule has 8 heteroatoms. The predicted octanol–water partition coefficient (Wildman–Crippen LogP) is 2.72. The molecule has 0 fully saturated rings. The molecular weight excluding hydrogens is 371 g/mol. The van der Waals surface area contributed by atoms with Crippen molar-refractivity contribution in [3.63, 3.8) is 0 Å². The Morgan fingerprint density at radius 1 is 1.11 bits per heavy atom. The van der Waals surface area contributed by atoms with E-state index in [4.69, 9.17) is 0 Å². The summed E-state index contributed by atoms with van der Waals surface area (Å²) in [6, 6.07) is 17.2. The molecule has 0 aliphatic rings. The quantitative estimate of drug-likeness (QED) is 0.390. The van der Waals surface area contributed by atoms with Gasteiger partial charge in [0.15, 0.2) is 7.05 Å². The number of aromatic nitrogens is 2. The molecule has 0 saturated carbocycles. The third-order valence-electron chi connectivity index (χ3n) is 4.09. The van der Waals surface area contributed by atoms with Crippen molar-refractivity contribution in [3.05, 3.63) is 66.0 Å². The van der Waals surface area contributed by atoms with E-state index >= 15 is 0 Å². The van der Waals surface area contributed by atoms with E-state index in [1.54, 1.807) is 6.07 Å². The molecule has 0 N–H and O–H groups in total. The minimum Gasteiger partial charge on any atom is -0.726 e. The van der Waals surface area contributed by atoms with Crippen LogP contribution >= 0.6 is 0 Å². The second-order valence-corrected chi connectivity index (χ2v) is 7.04. The number of hydrogen-bond acceptors (Lipinski definition) is 4. The summed E-state index contributed by atoms with van der Waals surface area (Å²) in [6.07, 6.45) is 0. The van der Waals surface area contributed by atoms with Gasteiger partial charge in [0.25, 0.3) is 0 Å². The van der Waals surface area contributed by atoms with Crippen LogP contribution in [0.25, 0.3) is 22.5 Å². The van der Waals surface area contributed by atoms with Crippen LogP contribution in [0.15, 0.2) is 54.6 Å². The summed E-state index contributed by atoms with van der Waals surface area (Å²) in [6.45, 7) is 2.07. The summed E-state index contributed by atoms with van der Waals surface area (Å²) in [5.74, 6) is -0.200. The molecule has 3 rings (SSSR count). The number of hydrogen-bond donors (Lipinski definition) is 0. The average Bonchev–Trinajstić information content (AvgIpc) is 2.91. The van der Waals surface area contributed by atoms with Crippen LogP contribution in [-0.4, -0.2) is 24.8 Å². The molecular formula is C19H21FN2O4S. The van der Waals surface area contributed by atoms with Crippen molar-refractivity contribution in [2.75, 3.05) is 7.11 Å². The Kier molecular flexibility index (Phi) is 6.48. The first kappa shape index (κ1) is 20.8. The zero-order valence-electron chi connectivity index (χ0n) is 15.5. The topological polar surface area (TPSA) is 75.2 Å². The second-order valence-electron chi connectivity index (χ2n) is 5.89. The molecule has 0 bridgehead atoms. The highest BCUT2D eigenvalue weighted by Crippen LogP contribution is 2.26. The summed E-state index contributed by atoms with van der Waals surface area (Å²) >= 11 is 0. The number of rotatable bonds is 3. The highest BCUT2D eigenvalue weighted by molar-refractivity contribution is 7.80. The molecule has 0 spiro atoms. The fourth-order valence-corrected chi connectivity index (χ4v) is 2.64. The van der Waals surface area contributed by atoms with Gasteiger partial charge in [-0.1, -0.05) is 29.8 Å². The first-order valence-corrected chi connectivity index (χ1v) is 9.36. The monoisotopic (exact) mass is 392 g/mol. The number of nitrogens with zero attached hydrogens (tertiary/aromatic N) is 2. The summed E-state index contributed by atoms with van der Waals surface area (Å²) in [4.78, 5) is 0. The van der Waals surface area contributed by atoms with E-state index in [1.807, 2.05) is 47.7 Å². The van der Waals surface area contributed by atoms with Crippen LogP contribution in [0, 0.1) is 12.7 Å². The van der Waals surface area contributed by atoms with Gasteiger partial charge in [-0.05, 0) is 31.2 Å². The first-order valence-electron chi connectivity index (χ1n) is 8.03. The maximum atomic E-state index is 14.0. The summed E-state index contributed by atoms with van der Waals surface area (Å²) in [7, 11) is 0.329. The van der Waals surface area contributed by atoms with Gasteiger partial charge in [-0.25, -0.2) is 12.8 Å². The molecule has 6 nitrogen and oxygen atoms in total. The third kappa shape index (κ3) is 5.22. The Morgan fingerprint density at radius 2 is 1.74 bits per heavy atom. The van der Waals surface area contributed by atoms with Crippen LogP contribution in [0.4, 0.5) is 4.39 Å². The van der Waals surface area contributed by atoms with E-state index in [9.17, 15) is 17.4 Å². The van der Waals surface area contributed by atoms with Crippen molar-refractivity contribution in [3.8, 4) is 22.5 Å². The zero-order chi connectivity index (χ0) is 20.2. The highest BCUT2D eigenvalue weighted by atomic mass is 32.3. The normalized spacial score (nSPS) is 11.0. The Morgan fingerprint density at radius 3 is 2.30 bits per heavy atom. The lowest BCUT2D eigenvalue weighted by Crippen LogP contribution is -2.39. The second kappa shape index (κ2) is 8.43. The third-order valence-corrected chi connectivity index (χ3v) is 4.50. The average molecular weight is 392 g/mol. The van der Waals surface area contributed by atoms with Gasteiger partial charge in [-0.3, -0.25) is 4.18 Å². The Hall–Kier alpha value is -2.55. The van der Waals surface area contributed by atoms with E-state index < -0.39 is 10.4 Å². The molecule has 0 aliphatic carbocycles. The van der Waals surface area contributed by atoms with Crippen LogP contribution in [0.3, 0.4) is 0 Å². The Labute approximate surface area is 158 Å². The van der Waals surface area contributed by atoms with Crippen LogP contribution in [0.1, 0.15) is 5.56 Å². The summed E-state index contributed by atoms with van der Waals surface area (Å²) in [5.41, 5.74) is 4.90. The Balaban J connectivity index is 0.000000380. The molecule has 0 radical (unpaired) electrons. The fourth-order valence-electron chi connectivity index (χ4n) is 2.64. The van der Waals surface area contributed by atoms with E-state index in [0.29, 0.717) is 5.56 Å². The van der Waals surface area contributed by atoms with Crippen LogP contribution in [0.5, 0.6) is 0 Å². The van der Waals surface area contributed by atoms with Crippen molar-refractivity contribution in [1.82, 2.24) is 4.68 Å². The van der Waals surface area contributed by atoms with E-state index in [0.717, 1.165) is 24.1 Å². The molecule has 0 aliphatic heterocycles. The minimum absolute atomic E-state index is 0.200. The van der Waals surface area contributed by atoms with Crippen molar-refractivity contribution in [2.24, 2.45) is 14.1 Å². The molecule has 0 saturated heterocycles. The van der Waals surface area contributed by atoms with Gasteiger partial charge in [0, 0.05) is 17.2 Å². The van der Waals surface area contributed by atoms with Crippen molar-refractivity contribution in [1.29, 1.82) is 0 Å². The van der Waals surface area contributed by atoms with Crippen molar-refractivity contribution < 1.29 is 26.2 Å². The predicted molar refractivity (Wildman–Crippen MR) is 98.9 cm³/mol. The lowest BCUT2D eigenvalue weighted by molar-refractivity contribution is -0.740. The number of halogens is 1. The summed E-state index contributed by atoms with van der Waals surface area (Å²) in [5, 5.41) is 0. The largest absolute Gasteiger partial charge is 0.726 e. The van der Waals surface area contributed by atoms with Gasteiger partial charge in [0.2, 0.25) is 16.1 Å². The maximum Gasteiger partial charge on any atom is 0.238 e. The number of aryl methyl sites for hydroxylation is 1. The minimum atomic E-state index is -4.41. The molecule has 144 valence electrons. The molecule has 2 aromatic carbocycles. The highest BCUT2D eigenvalue weighted by Gasteiger charge is 2.21. The molecule has 3 aromatic rings. The van der Waals surface area contributed by atoms with Crippen molar-refractivity contribution in [2.45, 2.75) is 6.92 Å². The molecule has 0 amide bonds. The molecule has 0 atom stereocenters. The molecule has 1 heterocycles. The van der Waals surface area contributed by atoms with Crippen molar-refractivity contribution >= 4 is 10.4 Å².